The number of aromatic hydroxyl groups is 1. The quantitative estimate of drug-likeness (QED) is 0.813. The minimum absolute atomic E-state index is 0.0866. The van der Waals surface area contributed by atoms with Crippen LogP contribution in [0, 0.1) is 12.3 Å². The molecular weight excluding hydrogens is 318 g/mol. The summed E-state index contributed by atoms with van der Waals surface area (Å²) in [6.45, 7) is 1.97. The van der Waals surface area contributed by atoms with E-state index in [2.05, 4.69) is 33.4 Å². The number of phenols is 1. The number of aromatic nitrogens is 3. The molecule has 2 aromatic rings. The number of nitrogens with one attached hydrogen (secondary N) is 1. The number of benzene rings is 1. The number of hydrogen-bond donors (Lipinski definition) is 2. The van der Waals surface area contributed by atoms with E-state index in [1.54, 1.807) is 19.2 Å². The molecule has 0 aliphatic carbocycles. The fourth-order valence-electron chi connectivity index (χ4n) is 3.05. The molecule has 0 amide bonds. The molecule has 7 heteroatoms. The van der Waals surface area contributed by atoms with Gasteiger partial charge in [-0.1, -0.05) is 5.92 Å². The lowest BCUT2D eigenvalue weighted by molar-refractivity contribution is 0.260. The van der Waals surface area contributed by atoms with E-state index >= 15 is 0 Å². The van der Waals surface area contributed by atoms with Crippen LogP contribution in [0.5, 0.6) is 5.75 Å². The lowest BCUT2D eigenvalue weighted by Gasteiger charge is -2.30. The molecule has 1 fully saturated rings. The van der Waals surface area contributed by atoms with E-state index in [0.717, 1.165) is 25.9 Å². The zero-order valence-electron chi connectivity index (χ0n) is 14.4. The van der Waals surface area contributed by atoms with Crippen LogP contribution in [0.3, 0.4) is 0 Å². The number of rotatable bonds is 3. The summed E-state index contributed by atoms with van der Waals surface area (Å²) in [5, 5.41) is 21.6. The van der Waals surface area contributed by atoms with Crippen LogP contribution in [0.4, 0.5) is 5.95 Å². The average Bonchev–Trinajstić information content (AvgIpc) is 2.60. The molecule has 2 heterocycles. The Morgan fingerprint density at radius 2 is 2.16 bits per heavy atom. The molecule has 0 spiro atoms. The van der Waals surface area contributed by atoms with Crippen molar-refractivity contribution in [2.45, 2.75) is 18.9 Å². The average molecular weight is 339 g/mol. The molecule has 1 aliphatic rings. The Morgan fingerprint density at radius 1 is 1.36 bits per heavy atom. The van der Waals surface area contributed by atoms with Gasteiger partial charge >= 0.3 is 0 Å². The number of likely N-dealkylation sites (N-methyl/N-ethyl adjacent to an activating group) is 1. The Bertz CT molecular complexity index is 884. The second-order valence-electron chi connectivity index (χ2n) is 6.36. The minimum Gasteiger partial charge on any atom is -0.507 e. The number of piperidine rings is 1. The zero-order valence-corrected chi connectivity index (χ0v) is 14.4. The SMILES string of the molecule is C#Cc1ccc(-c2nnc(N[C@@H]3CCCN(C)C3)n(C)c2=O)c(O)c1. The third-order valence-electron chi connectivity index (χ3n) is 4.45. The van der Waals surface area contributed by atoms with Crippen LogP contribution in [-0.4, -0.2) is 50.9 Å². The Balaban J connectivity index is 1.91. The number of phenolic OH excluding ortho intramolecular Hbond substituents is 1. The van der Waals surface area contributed by atoms with Gasteiger partial charge in [0.1, 0.15) is 5.75 Å². The highest BCUT2D eigenvalue weighted by Gasteiger charge is 2.20. The number of hydrogen-bond acceptors (Lipinski definition) is 6. The van der Waals surface area contributed by atoms with Crippen molar-refractivity contribution >= 4 is 5.95 Å². The van der Waals surface area contributed by atoms with E-state index in [-0.39, 0.29) is 23.0 Å². The number of terminal acetylenes is 1. The summed E-state index contributed by atoms with van der Waals surface area (Å²) in [6.07, 6.45) is 7.44. The Morgan fingerprint density at radius 3 is 2.84 bits per heavy atom. The Labute approximate surface area is 146 Å². The van der Waals surface area contributed by atoms with Crippen LogP contribution in [0.25, 0.3) is 11.3 Å². The van der Waals surface area contributed by atoms with Gasteiger partial charge in [0.25, 0.3) is 5.56 Å². The van der Waals surface area contributed by atoms with Crippen LogP contribution in [0.15, 0.2) is 23.0 Å². The molecule has 0 bridgehead atoms. The van der Waals surface area contributed by atoms with Gasteiger partial charge in [-0.25, -0.2) is 0 Å². The van der Waals surface area contributed by atoms with Gasteiger partial charge in [0.05, 0.1) is 0 Å². The molecule has 130 valence electrons. The Kier molecular flexibility index (Phi) is 4.72. The maximum absolute atomic E-state index is 12.7. The van der Waals surface area contributed by atoms with Crippen molar-refractivity contribution in [2.75, 3.05) is 25.5 Å². The summed E-state index contributed by atoms with van der Waals surface area (Å²) in [5.41, 5.74) is 0.613. The second kappa shape index (κ2) is 6.95. The van der Waals surface area contributed by atoms with Gasteiger partial charge in [0, 0.05) is 30.8 Å². The van der Waals surface area contributed by atoms with E-state index in [0.29, 0.717) is 17.1 Å². The van der Waals surface area contributed by atoms with Crippen molar-refractivity contribution in [2.24, 2.45) is 7.05 Å². The van der Waals surface area contributed by atoms with Crippen molar-refractivity contribution in [1.29, 1.82) is 0 Å². The van der Waals surface area contributed by atoms with Crippen LogP contribution >= 0.6 is 0 Å². The molecule has 3 rings (SSSR count). The van der Waals surface area contributed by atoms with Gasteiger partial charge in [0.2, 0.25) is 5.95 Å². The molecule has 25 heavy (non-hydrogen) atoms. The van der Waals surface area contributed by atoms with Crippen LogP contribution in [-0.2, 0) is 7.05 Å². The molecular formula is C18H21N5O2. The highest BCUT2D eigenvalue weighted by atomic mass is 16.3. The third-order valence-corrected chi connectivity index (χ3v) is 4.45. The monoisotopic (exact) mass is 339 g/mol. The summed E-state index contributed by atoms with van der Waals surface area (Å²) < 4.78 is 1.42. The molecule has 7 nitrogen and oxygen atoms in total. The van der Waals surface area contributed by atoms with Gasteiger partial charge in [0.15, 0.2) is 5.69 Å². The maximum atomic E-state index is 12.7. The van der Waals surface area contributed by atoms with Gasteiger partial charge in [-0.15, -0.1) is 16.6 Å². The number of nitrogens with zero attached hydrogens (tertiary/aromatic N) is 4. The van der Waals surface area contributed by atoms with E-state index in [4.69, 9.17) is 6.42 Å². The smallest absolute Gasteiger partial charge is 0.281 e. The molecule has 0 saturated carbocycles. The first-order valence-corrected chi connectivity index (χ1v) is 8.18. The van der Waals surface area contributed by atoms with Gasteiger partial charge in [-0.2, -0.15) is 0 Å². The molecule has 1 atom stereocenters. The minimum atomic E-state index is -0.328. The van der Waals surface area contributed by atoms with Crippen LogP contribution < -0.4 is 10.9 Å². The third kappa shape index (κ3) is 3.49. The first kappa shape index (κ1) is 17.0. The normalized spacial score (nSPS) is 17.9. The second-order valence-corrected chi connectivity index (χ2v) is 6.36. The predicted molar refractivity (Wildman–Crippen MR) is 96.5 cm³/mol. The largest absolute Gasteiger partial charge is 0.507 e. The summed E-state index contributed by atoms with van der Waals surface area (Å²) in [6, 6.07) is 4.90. The molecule has 1 aromatic heterocycles. The molecule has 0 radical (unpaired) electrons. The van der Waals surface area contributed by atoms with Gasteiger partial charge in [-0.3, -0.25) is 9.36 Å². The fourth-order valence-corrected chi connectivity index (χ4v) is 3.05. The van der Waals surface area contributed by atoms with E-state index in [9.17, 15) is 9.90 Å². The van der Waals surface area contributed by atoms with E-state index in [1.165, 1.54) is 10.6 Å². The van der Waals surface area contributed by atoms with Crippen molar-refractivity contribution in [3.8, 4) is 29.4 Å². The van der Waals surface area contributed by atoms with Gasteiger partial charge < -0.3 is 15.3 Å². The molecule has 2 N–H and O–H groups in total. The topological polar surface area (TPSA) is 83.3 Å². The lowest BCUT2D eigenvalue weighted by atomic mass is 10.1. The van der Waals surface area contributed by atoms with E-state index < -0.39 is 0 Å². The van der Waals surface area contributed by atoms with Crippen LogP contribution in [0.1, 0.15) is 18.4 Å². The number of likely N-dealkylation sites (tertiary alicyclic amines) is 1. The first-order valence-electron chi connectivity index (χ1n) is 8.18. The van der Waals surface area contributed by atoms with Crippen molar-refractivity contribution < 1.29 is 5.11 Å². The Hall–Kier alpha value is -2.85. The van der Waals surface area contributed by atoms with Gasteiger partial charge in [-0.05, 0) is 44.6 Å². The van der Waals surface area contributed by atoms with E-state index in [1.807, 2.05) is 0 Å². The lowest BCUT2D eigenvalue weighted by Crippen LogP contribution is -2.41. The van der Waals surface area contributed by atoms with Crippen molar-refractivity contribution in [3.63, 3.8) is 0 Å². The molecule has 1 aliphatic heterocycles. The summed E-state index contributed by atoms with van der Waals surface area (Å²) >= 11 is 0. The first-order chi connectivity index (χ1) is 12.0. The summed E-state index contributed by atoms with van der Waals surface area (Å²) in [7, 11) is 3.71. The summed E-state index contributed by atoms with van der Waals surface area (Å²) in [5.74, 6) is 2.78. The van der Waals surface area contributed by atoms with Crippen molar-refractivity contribution in [1.82, 2.24) is 19.7 Å². The molecule has 1 saturated heterocycles. The number of anilines is 1. The van der Waals surface area contributed by atoms with Crippen molar-refractivity contribution in [3.05, 3.63) is 34.1 Å². The highest BCUT2D eigenvalue weighted by molar-refractivity contribution is 5.67. The maximum Gasteiger partial charge on any atom is 0.281 e. The summed E-state index contributed by atoms with van der Waals surface area (Å²) in [4.78, 5) is 14.9. The van der Waals surface area contributed by atoms with Crippen LogP contribution in [0.2, 0.25) is 0 Å². The fraction of sp³-hybridized carbons (Fsp3) is 0.389. The zero-order chi connectivity index (χ0) is 18.0. The standard InChI is InChI=1S/C18H21N5O2/c1-4-12-7-8-14(15(24)10-12)16-17(25)23(3)18(21-20-16)19-13-6-5-9-22(2)11-13/h1,7-8,10,13,24H,5-6,9,11H2,2-3H3,(H,19,21)/t13-/m1/s1. The molecule has 1 aromatic carbocycles. The highest BCUT2D eigenvalue weighted by Crippen LogP contribution is 2.26. The predicted octanol–water partition coefficient (Wildman–Crippen LogP) is 1.04. The molecule has 0 unspecified atom stereocenters.